The van der Waals surface area contributed by atoms with Crippen molar-refractivity contribution >= 4 is 22.9 Å². The summed E-state index contributed by atoms with van der Waals surface area (Å²) in [6.07, 6.45) is 12.0. The Hall–Kier alpha value is -2.08. The fraction of sp³-hybridized carbons (Fsp3) is 0.273. The molecule has 0 amide bonds. The largest absolute Gasteiger partial charge is 0.0725 e. The highest BCUT2D eigenvalue weighted by Gasteiger charge is 2.59. The van der Waals surface area contributed by atoms with Crippen LogP contribution in [-0.4, -0.2) is 0 Å². The lowest BCUT2D eigenvalue weighted by molar-refractivity contribution is 0.179. The topological polar surface area (TPSA) is 0 Å². The van der Waals surface area contributed by atoms with E-state index in [-0.39, 0.29) is 10.8 Å². The normalized spacial score (nSPS) is 30.3. The molecule has 22 heavy (non-hydrogen) atoms. The van der Waals surface area contributed by atoms with E-state index in [1.165, 1.54) is 27.5 Å². The van der Waals surface area contributed by atoms with E-state index < -0.39 is 0 Å². The molecule has 2 atom stereocenters. The summed E-state index contributed by atoms with van der Waals surface area (Å²) in [5.74, 6) is 0.597. The van der Waals surface area contributed by atoms with E-state index in [1.54, 1.807) is 5.56 Å². The van der Waals surface area contributed by atoms with Crippen LogP contribution in [0.25, 0.3) is 22.9 Å². The maximum Gasteiger partial charge on any atom is 0.0312 e. The first kappa shape index (κ1) is 12.5. The lowest BCUT2D eigenvalue weighted by Gasteiger charge is -2.59. The van der Waals surface area contributed by atoms with Crippen LogP contribution in [0.4, 0.5) is 0 Å². The van der Waals surface area contributed by atoms with Gasteiger partial charge in [-0.3, -0.25) is 0 Å². The monoisotopic (exact) mass is 284 g/mol. The van der Waals surface area contributed by atoms with Crippen molar-refractivity contribution in [1.82, 2.24) is 0 Å². The molecule has 0 saturated carbocycles. The SMILES string of the molecule is CC(C)C12C=Cc3ccc4cccc5c4c3C1(C)C(=C2)C=C5. The van der Waals surface area contributed by atoms with E-state index in [2.05, 4.69) is 81.5 Å². The number of hydrogen-bond acceptors (Lipinski definition) is 0. The molecule has 0 N–H and O–H groups in total. The molecule has 0 radical (unpaired) electrons. The van der Waals surface area contributed by atoms with Crippen molar-refractivity contribution in [2.75, 3.05) is 0 Å². The summed E-state index contributed by atoms with van der Waals surface area (Å²) in [5.41, 5.74) is 6.04. The Morgan fingerprint density at radius 3 is 2.59 bits per heavy atom. The lowest BCUT2D eigenvalue weighted by atomic mass is 9.43. The van der Waals surface area contributed by atoms with Crippen molar-refractivity contribution in [2.24, 2.45) is 11.3 Å². The van der Waals surface area contributed by atoms with Crippen LogP contribution in [0.2, 0.25) is 0 Å². The number of benzene rings is 2. The quantitative estimate of drug-likeness (QED) is 0.627. The second kappa shape index (κ2) is 3.63. The zero-order valence-electron chi connectivity index (χ0n) is 13.4. The lowest BCUT2D eigenvalue weighted by Crippen LogP contribution is -2.54. The second-order valence-corrected chi connectivity index (χ2v) is 7.45. The highest BCUT2D eigenvalue weighted by atomic mass is 14.6. The summed E-state index contributed by atoms with van der Waals surface area (Å²) < 4.78 is 0. The predicted molar refractivity (Wildman–Crippen MR) is 94.7 cm³/mol. The average Bonchev–Trinajstić information content (AvgIpc) is 2.62. The highest BCUT2D eigenvalue weighted by Crippen LogP contribution is 2.66. The Morgan fingerprint density at radius 1 is 0.909 bits per heavy atom. The maximum absolute atomic E-state index is 2.50. The van der Waals surface area contributed by atoms with Crippen LogP contribution in [-0.2, 0) is 5.41 Å². The second-order valence-electron chi connectivity index (χ2n) is 7.45. The third-order valence-electron chi connectivity index (χ3n) is 6.38. The van der Waals surface area contributed by atoms with Crippen LogP contribution in [0.3, 0.4) is 0 Å². The van der Waals surface area contributed by atoms with Gasteiger partial charge in [-0.2, -0.15) is 0 Å². The van der Waals surface area contributed by atoms with E-state index >= 15 is 0 Å². The first-order valence-corrected chi connectivity index (χ1v) is 8.25. The number of hydrogen-bond donors (Lipinski definition) is 0. The van der Waals surface area contributed by atoms with E-state index in [4.69, 9.17) is 0 Å². The molecule has 0 aromatic heterocycles. The summed E-state index contributed by atoms with van der Waals surface area (Å²) in [6, 6.07) is 11.2. The van der Waals surface area contributed by atoms with E-state index in [0.29, 0.717) is 5.92 Å². The maximum atomic E-state index is 2.50. The van der Waals surface area contributed by atoms with Crippen molar-refractivity contribution < 1.29 is 0 Å². The van der Waals surface area contributed by atoms with Gasteiger partial charge < -0.3 is 0 Å². The van der Waals surface area contributed by atoms with E-state index in [9.17, 15) is 0 Å². The molecule has 108 valence electrons. The molecule has 0 heteroatoms. The zero-order valence-corrected chi connectivity index (χ0v) is 13.4. The molecule has 2 aromatic rings. The Balaban J connectivity index is 2.02. The number of rotatable bonds is 1. The molecule has 2 unspecified atom stereocenters. The van der Waals surface area contributed by atoms with Crippen LogP contribution < -0.4 is 0 Å². The summed E-state index contributed by atoms with van der Waals surface area (Å²) in [7, 11) is 0. The molecule has 3 aliphatic rings. The minimum absolute atomic E-state index is 0.105. The fourth-order valence-electron chi connectivity index (χ4n) is 5.09. The highest BCUT2D eigenvalue weighted by molar-refractivity contribution is 6.00. The minimum atomic E-state index is 0.105. The van der Waals surface area contributed by atoms with Crippen molar-refractivity contribution in [2.45, 2.75) is 26.2 Å². The summed E-state index contributed by atoms with van der Waals surface area (Å²) in [4.78, 5) is 0. The first-order chi connectivity index (χ1) is 10.6. The molecule has 0 aliphatic heterocycles. The third kappa shape index (κ3) is 1.11. The first-order valence-electron chi connectivity index (χ1n) is 8.25. The van der Waals surface area contributed by atoms with Crippen molar-refractivity contribution in [3.8, 4) is 0 Å². The molecule has 0 spiro atoms. The molecule has 0 nitrogen and oxygen atoms in total. The Bertz CT molecular complexity index is 922. The van der Waals surface area contributed by atoms with Crippen LogP contribution >= 0.6 is 0 Å². The molecule has 3 aliphatic carbocycles. The third-order valence-corrected chi connectivity index (χ3v) is 6.38. The number of allylic oxidation sites excluding steroid dienone is 4. The summed E-state index contributed by atoms with van der Waals surface area (Å²) in [6.45, 7) is 7.17. The van der Waals surface area contributed by atoms with Gasteiger partial charge in [0.05, 0.1) is 0 Å². The molecule has 2 aromatic carbocycles. The van der Waals surface area contributed by atoms with Gasteiger partial charge >= 0.3 is 0 Å². The molecule has 0 fully saturated rings. The Morgan fingerprint density at radius 2 is 1.77 bits per heavy atom. The Labute approximate surface area is 131 Å². The van der Waals surface area contributed by atoms with E-state index in [1.807, 2.05) is 0 Å². The Kier molecular flexibility index (Phi) is 2.06. The fourth-order valence-corrected chi connectivity index (χ4v) is 5.09. The molecule has 5 rings (SSSR count). The van der Waals surface area contributed by atoms with Gasteiger partial charge in [-0.1, -0.05) is 81.5 Å². The van der Waals surface area contributed by atoms with Gasteiger partial charge in [-0.25, -0.2) is 0 Å². The van der Waals surface area contributed by atoms with E-state index in [0.717, 1.165) is 0 Å². The molecular formula is C22H20. The standard InChI is InChI=1S/C22H20/c1-14(2)22-12-11-17-8-7-15-5-4-6-16-9-10-18(13-22)21(22,3)20(17)19(15)16/h4-14H,1-3H3. The van der Waals surface area contributed by atoms with Crippen LogP contribution in [0, 0.1) is 11.3 Å². The average molecular weight is 284 g/mol. The minimum Gasteiger partial charge on any atom is -0.0725 e. The van der Waals surface area contributed by atoms with Gasteiger partial charge in [0.25, 0.3) is 0 Å². The molecule has 0 heterocycles. The summed E-state index contributed by atoms with van der Waals surface area (Å²) >= 11 is 0. The molecular weight excluding hydrogens is 264 g/mol. The van der Waals surface area contributed by atoms with Crippen molar-refractivity contribution in [3.05, 3.63) is 70.8 Å². The van der Waals surface area contributed by atoms with Gasteiger partial charge in [-0.15, -0.1) is 0 Å². The smallest absolute Gasteiger partial charge is 0.0312 e. The van der Waals surface area contributed by atoms with Crippen LogP contribution in [0.15, 0.2) is 54.1 Å². The van der Waals surface area contributed by atoms with Crippen molar-refractivity contribution in [1.29, 1.82) is 0 Å². The molecule has 0 saturated heterocycles. The van der Waals surface area contributed by atoms with Crippen LogP contribution in [0.5, 0.6) is 0 Å². The molecule has 0 bridgehead atoms. The van der Waals surface area contributed by atoms with Gasteiger partial charge in [0.1, 0.15) is 0 Å². The predicted octanol–water partition coefficient (Wildman–Crippen LogP) is 5.73. The van der Waals surface area contributed by atoms with Crippen molar-refractivity contribution in [3.63, 3.8) is 0 Å². The van der Waals surface area contributed by atoms with Gasteiger partial charge in [0.15, 0.2) is 0 Å². The van der Waals surface area contributed by atoms with Gasteiger partial charge in [-0.05, 0) is 39.0 Å². The zero-order chi connectivity index (χ0) is 15.1. The van der Waals surface area contributed by atoms with Gasteiger partial charge in [0, 0.05) is 10.8 Å². The summed E-state index contributed by atoms with van der Waals surface area (Å²) in [5, 5.41) is 2.82. The van der Waals surface area contributed by atoms with Crippen LogP contribution in [0.1, 0.15) is 37.5 Å². The van der Waals surface area contributed by atoms with Gasteiger partial charge in [0.2, 0.25) is 0 Å².